The minimum atomic E-state index is -0.399. The highest BCUT2D eigenvalue weighted by molar-refractivity contribution is 5.04. The highest BCUT2D eigenvalue weighted by atomic mass is 16.5. The second kappa shape index (κ2) is 10.1. The molecular formula is C16H33N3O. The molecule has 4 nitrogen and oxygen atoms in total. The van der Waals surface area contributed by atoms with Crippen LogP contribution in [0.25, 0.3) is 0 Å². The summed E-state index contributed by atoms with van der Waals surface area (Å²) in [6, 6.07) is 3.21. The quantitative estimate of drug-likeness (QED) is 0.592. The largest absolute Gasteiger partial charge is 0.383 e. The molecule has 2 unspecified atom stereocenters. The van der Waals surface area contributed by atoms with E-state index in [1.54, 1.807) is 7.11 Å². The molecule has 0 spiro atoms. The second-order valence-corrected chi connectivity index (χ2v) is 6.13. The molecule has 0 saturated carbocycles. The van der Waals surface area contributed by atoms with Crippen LogP contribution in [0.2, 0.25) is 0 Å². The highest BCUT2D eigenvalue weighted by Gasteiger charge is 2.23. The number of ether oxygens (including phenoxy) is 1. The van der Waals surface area contributed by atoms with Crippen LogP contribution in [0.15, 0.2) is 0 Å². The van der Waals surface area contributed by atoms with Gasteiger partial charge < -0.3 is 4.74 Å². The maximum Gasteiger partial charge on any atom is 0.104 e. The van der Waals surface area contributed by atoms with Crippen molar-refractivity contribution in [3.63, 3.8) is 0 Å². The molecule has 2 atom stereocenters. The average molecular weight is 283 g/mol. The lowest BCUT2D eigenvalue weighted by Crippen LogP contribution is -2.45. The predicted molar refractivity (Wildman–Crippen MR) is 84.7 cm³/mol. The van der Waals surface area contributed by atoms with Gasteiger partial charge in [-0.15, -0.1) is 0 Å². The van der Waals surface area contributed by atoms with Crippen molar-refractivity contribution in [2.75, 3.05) is 26.8 Å². The summed E-state index contributed by atoms with van der Waals surface area (Å²) >= 11 is 0. The van der Waals surface area contributed by atoms with E-state index in [0.717, 1.165) is 39.0 Å². The fourth-order valence-corrected chi connectivity index (χ4v) is 2.63. The smallest absolute Gasteiger partial charge is 0.104 e. The number of nitrogens with zero attached hydrogens (tertiary/aromatic N) is 2. The highest BCUT2D eigenvalue weighted by Crippen LogP contribution is 2.14. The summed E-state index contributed by atoms with van der Waals surface area (Å²) in [4.78, 5) is 2.43. The van der Waals surface area contributed by atoms with E-state index in [4.69, 9.17) is 4.74 Å². The molecule has 0 radical (unpaired) electrons. The van der Waals surface area contributed by atoms with E-state index in [0.29, 0.717) is 12.1 Å². The minimum Gasteiger partial charge on any atom is -0.383 e. The molecule has 0 bridgehead atoms. The summed E-state index contributed by atoms with van der Waals surface area (Å²) < 4.78 is 5.21. The first-order valence-electron chi connectivity index (χ1n) is 7.80. The Balaban J connectivity index is 4.07. The average Bonchev–Trinajstić information content (AvgIpc) is 2.38. The zero-order chi connectivity index (χ0) is 15.6. The molecule has 0 amide bonds. The lowest BCUT2D eigenvalue weighted by atomic mass is 9.95. The molecule has 20 heavy (non-hydrogen) atoms. The molecule has 0 aromatic carbocycles. The molecule has 0 aliphatic rings. The van der Waals surface area contributed by atoms with E-state index >= 15 is 0 Å². The van der Waals surface area contributed by atoms with Crippen LogP contribution in [0.5, 0.6) is 0 Å². The van der Waals surface area contributed by atoms with Gasteiger partial charge in [-0.2, -0.15) is 5.26 Å². The van der Waals surface area contributed by atoms with Crippen LogP contribution in [0.1, 0.15) is 53.9 Å². The number of likely N-dealkylation sites (N-methyl/N-ethyl adjacent to an activating group) is 1. The summed E-state index contributed by atoms with van der Waals surface area (Å²) in [5.74, 6) is 0. The summed E-state index contributed by atoms with van der Waals surface area (Å²) in [5.41, 5.74) is -0.399. The zero-order valence-corrected chi connectivity index (χ0v) is 14.2. The van der Waals surface area contributed by atoms with Crippen LogP contribution in [0, 0.1) is 11.3 Å². The molecule has 0 aliphatic heterocycles. The lowest BCUT2D eigenvalue weighted by molar-refractivity contribution is 0.101. The van der Waals surface area contributed by atoms with Crippen molar-refractivity contribution in [1.29, 1.82) is 5.26 Å². The van der Waals surface area contributed by atoms with Crippen LogP contribution >= 0.6 is 0 Å². The van der Waals surface area contributed by atoms with Gasteiger partial charge in [0, 0.05) is 19.2 Å². The van der Waals surface area contributed by atoms with E-state index in [9.17, 15) is 5.26 Å². The Labute approximate surface area is 125 Å². The van der Waals surface area contributed by atoms with Gasteiger partial charge in [-0.25, -0.2) is 0 Å². The van der Waals surface area contributed by atoms with Crippen molar-refractivity contribution in [2.24, 2.45) is 0 Å². The van der Waals surface area contributed by atoms with Crippen molar-refractivity contribution >= 4 is 0 Å². The zero-order valence-electron chi connectivity index (χ0n) is 14.2. The third-order valence-electron chi connectivity index (χ3n) is 3.66. The summed E-state index contributed by atoms with van der Waals surface area (Å²) in [5, 5.41) is 12.7. The second-order valence-electron chi connectivity index (χ2n) is 6.13. The molecule has 1 N–H and O–H groups in total. The Morgan fingerprint density at radius 2 is 1.95 bits per heavy atom. The van der Waals surface area contributed by atoms with Gasteiger partial charge in [0.1, 0.15) is 5.54 Å². The van der Waals surface area contributed by atoms with Gasteiger partial charge in [0.2, 0.25) is 0 Å². The van der Waals surface area contributed by atoms with E-state index in [1.165, 1.54) is 0 Å². The van der Waals surface area contributed by atoms with Crippen molar-refractivity contribution in [2.45, 2.75) is 71.5 Å². The van der Waals surface area contributed by atoms with Gasteiger partial charge in [-0.1, -0.05) is 6.92 Å². The van der Waals surface area contributed by atoms with Crippen molar-refractivity contribution in [3.8, 4) is 6.07 Å². The Morgan fingerprint density at radius 3 is 2.40 bits per heavy atom. The molecule has 118 valence electrons. The Bertz CT molecular complexity index is 288. The predicted octanol–water partition coefficient (Wildman–Crippen LogP) is 2.79. The first-order chi connectivity index (χ1) is 9.38. The summed E-state index contributed by atoms with van der Waals surface area (Å²) in [6.45, 7) is 13.4. The number of nitrogens with one attached hydrogen (secondary N) is 1. The molecule has 0 aromatic rings. The van der Waals surface area contributed by atoms with Gasteiger partial charge in [0.25, 0.3) is 0 Å². The Kier molecular flexibility index (Phi) is 9.83. The van der Waals surface area contributed by atoms with Gasteiger partial charge in [0.05, 0.1) is 12.7 Å². The molecule has 4 heteroatoms. The van der Waals surface area contributed by atoms with E-state index < -0.39 is 5.54 Å². The molecule has 0 aliphatic carbocycles. The standard InChI is InChI=1S/C16H33N3O/c1-7-19(15(4)12-20-6)11-9-8-10-16(5,13-17)18-14(2)3/h14-15,18H,7-12H2,1-6H3. The first-order valence-corrected chi connectivity index (χ1v) is 7.80. The minimum absolute atomic E-state index is 0.341. The molecule has 0 fully saturated rings. The normalized spacial score (nSPS) is 16.1. The van der Waals surface area contributed by atoms with E-state index in [1.807, 2.05) is 6.92 Å². The number of hydrogen-bond donors (Lipinski definition) is 1. The Morgan fingerprint density at radius 1 is 1.30 bits per heavy atom. The van der Waals surface area contributed by atoms with Gasteiger partial charge in [-0.05, 0) is 60.0 Å². The van der Waals surface area contributed by atoms with Crippen molar-refractivity contribution < 1.29 is 4.74 Å². The third-order valence-corrected chi connectivity index (χ3v) is 3.66. The topological polar surface area (TPSA) is 48.3 Å². The summed E-state index contributed by atoms with van der Waals surface area (Å²) in [6.07, 6.45) is 3.09. The molecule has 0 rings (SSSR count). The number of methoxy groups -OCH3 is 1. The summed E-state index contributed by atoms with van der Waals surface area (Å²) in [7, 11) is 1.75. The number of hydrogen-bond acceptors (Lipinski definition) is 4. The van der Waals surface area contributed by atoms with Crippen LogP contribution < -0.4 is 5.32 Å². The fourth-order valence-electron chi connectivity index (χ4n) is 2.63. The van der Waals surface area contributed by atoms with Crippen LogP contribution in [-0.2, 0) is 4.74 Å². The monoisotopic (exact) mass is 283 g/mol. The maximum absolute atomic E-state index is 9.31. The van der Waals surface area contributed by atoms with Crippen LogP contribution in [0.3, 0.4) is 0 Å². The SMILES string of the molecule is CCN(CCCCC(C)(C#N)NC(C)C)C(C)COC. The molecular weight excluding hydrogens is 250 g/mol. The number of rotatable bonds is 11. The van der Waals surface area contributed by atoms with Crippen LogP contribution in [-0.4, -0.2) is 49.3 Å². The molecule has 0 saturated heterocycles. The number of unbranched alkanes of at least 4 members (excludes halogenated alkanes) is 1. The lowest BCUT2D eigenvalue weighted by Gasteiger charge is -2.29. The fraction of sp³-hybridized carbons (Fsp3) is 0.938. The van der Waals surface area contributed by atoms with Gasteiger partial charge in [-0.3, -0.25) is 10.2 Å². The van der Waals surface area contributed by atoms with E-state index in [2.05, 4.69) is 44.0 Å². The van der Waals surface area contributed by atoms with Crippen molar-refractivity contribution in [1.82, 2.24) is 10.2 Å². The van der Waals surface area contributed by atoms with E-state index in [-0.39, 0.29) is 0 Å². The van der Waals surface area contributed by atoms with Crippen molar-refractivity contribution in [3.05, 3.63) is 0 Å². The molecule has 0 aromatic heterocycles. The first kappa shape index (κ1) is 19.4. The Hall–Kier alpha value is -0.630. The number of nitriles is 1. The maximum atomic E-state index is 9.31. The van der Waals surface area contributed by atoms with Crippen LogP contribution in [0.4, 0.5) is 0 Å². The molecule has 0 heterocycles. The van der Waals surface area contributed by atoms with Gasteiger partial charge >= 0.3 is 0 Å². The third kappa shape index (κ3) is 7.84. The van der Waals surface area contributed by atoms with Gasteiger partial charge in [0.15, 0.2) is 0 Å².